The molecular formula is C20H17N5O. The Hall–Kier alpha value is -3.67. The quantitative estimate of drug-likeness (QED) is 0.593. The second-order valence-electron chi connectivity index (χ2n) is 5.84. The predicted molar refractivity (Wildman–Crippen MR) is 101 cm³/mol. The molecule has 0 radical (unpaired) electrons. The summed E-state index contributed by atoms with van der Waals surface area (Å²) in [6, 6.07) is 17.1. The number of imidazole rings is 1. The van der Waals surface area contributed by atoms with Gasteiger partial charge in [-0.25, -0.2) is 9.78 Å². The number of aromatic nitrogens is 3. The Labute approximate surface area is 150 Å². The van der Waals surface area contributed by atoms with E-state index in [4.69, 9.17) is 0 Å². The lowest BCUT2D eigenvalue weighted by Crippen LogP contribution is -2.28. The van der Waals surface area contributed by atoms with Gasteiger partial charge in [-0.15, -0.1) is 0 Å². The second kappa shape index (κ2) is 7.06. The SMILES string of the molecule is O=C(NCc1ccncc1)Nc1ccn2cc(-c3ccccc3)nc2c1. The van der Waals surface area contributed by atoms with E-state index in [0.29, 0.717) is 12.2 Å². The molecule has 0 unspecified atom stereocenters. The van der Waals surface area contributed by atoms with Crippen LogP contribution < -0.4 is 10.6 Å². The number of anilines is 1. The summed E-state index contributed by atoms with van der Waals surface area (Å²) in [5.74, 6) is 0. The first-order valence-corrected chi connectivity index (χ1v) is 8.26. The van der Waals surface area contributed by atoms with E-state index >= 15 is 0 Å². The summed E-state index contributed by atoms with van der Waals surface area (Å²) < 4.78 is 1.93. The van der Waals surface area contributed by atoms with Crippen molar-refractivity contribution in [3.63, 3.8) is 0 Å². The van der Waals surface area contributed by atoms with Gasteiger partial charge in [0.15, 0.2) is 0 Å². The highest BCUT2D eigenvalue weighted by Gasteiger charge is 2.06. The Morgan fingerprint density at radius 2 is 1.85 bits per heavy atom. The summed E-state index contributed by atoms with van der Waals surface area (Å²) >= 11 is 0. The number of carbonyl (C=O) groups excluding carboxylic acids is 1. The summed E-state index contributed by atoms with van der Waals surface area (Å²) in [6.45, 7) is 0.443. The van der Waals surface area contributed by atoms with Gasteiger partial charge in [0.1, 0.15) is 5.65 Å². The molecule has 1 aromatic carbocycles. The average Bonchev–Trinajstić information content (AvgIpc) is 3.11. The lowest BCUT2D eigenvalue weighted by Gasteiger charge is -2.07. The topological polar surface area (TPSA) is 71.3 Å². The van der Waals surface area contributed by atoms with Gasteiger partial charge in [0.05, 0.1) is 5.69 Å². The fourth-order valence-electron chi connectivity index (χ4n) is 2.67. The molecule has 2 N–H and O–H groups in total. The lowest BCUT2D eigenvalue weighted by molar-refractivity contribution is 0.251. The highest BCUT2D eigenvalue weighted by Crippen LogP contribution is 2.20. The monoisotopic (exact) mass is 343 g/mol. The van der Waals surface area contributed by atoms with Crippen molar-refractivity contribution in [1.82, 2.24) is 19.7 Å². The first kappa shape index (κ1) is 15.8. The maximum absolute atomic E-state index is 12.1. The van der Waals surface area contributed by atoms with E-state index in [-0.39, 0.29) is 6.03 Å². The normalized spacial score (nSPS) is 10.6. The molecule has 26 heavy (non-hydrogen) atoms. The van der Waals surface area contributed by atoms with Crippen molar-refractivity contribution < 1.29 is 4.79 Å². The molecule has 0 saturated carbocycles. The molecular weight excluding hydrogens is 326 g/mol. The average molecular weight is 343 g/mol. The molecule has 0 atom stereocenters. The van der Waals surface area contributed by atoms with Gasteiger partial charge in [0.25, 0.3) is 0 Å². The number of rotatable bonds is 4. The summed E-state index contributed by atoms with van der Waals surface area (Å²) in [7, 11) is 0. The number of carbonyl (C=O) groups is 1. The zero-order chi connectivity index (χ0) is 17.8. The largest absolute Gasteiger partial charge is 0.334 e. The van der Waals surface area contributed by atoms with Crippen LogP contribution in [0.4, 0.5) is 10.5 Å². The van der Waals surface area contributed by atoms with Crippen molar-refractivity contribution >= 4 is 17.4 Å². The van der Waals surface area contributed by atoms with Gasteiger partial charge in [-0.2, -0.15) is 0 Å². The van der Waals surface area contributed by atoms with Crippen LogP contribution in [0.15, 0.2) is 79.4 Å². The lowest BCUT2D eigenvalue weighted by atomic mass is 10.2. The van der Waals surface area contributed by atoms with Gasteiger partial charge in [-0.3, -0.25) is 4.98 Å². The number of pyridine rings is 2. The molecule has 0 aliphatic carbocycles. The summed E-state index contributed by atoms with van der Waals surface area (Å²) in [5, 5.41) is 5.66. The molecule has 2 amide bonds. The van der Waals surface area contributed by atoms with E-state index in [1.807, 2.05) is 71.4 Å². The van der Waals surface area contributed by atoms with Crippen LogP contribution in [0.1, 0.15) is 5.56 Å². The van der Waals surface area contributed by atoms with Crippen LogP contribution in [0.25, 0.3) is 16.9 Å². The number of nitrogens with zero attached hydrogens (tertiary/aromatic N) is 3. The molecule has 3 aromatic heterocycles. The van der Waals surface area contributed by atoms with Crippen molar-refractivity contribution in [2.75, 3.05) is 5.32 Å². The molecule has 0 bridgehead atoms. The molecule has 4 aromatic rings. The number of nitrogens with one attached hydrogen (secondary N) is 2. The molecule has 4 rings (SSSR count). The number of urea groups is 1. The summed E-state index contributed by atoms with van der Waals surface area (Å²) in [5.41, 5.74) is 4.41. The molecule has 0 saturated heterocycles. The van der Waals surface area contributed by atoms with Gasteiger partial charge in [0.2, 0.25) is 0 Å². The first-order valence-electron chi connectivity index (χ1n) is 8.26. The summed E-state index contributed by atoms with van der Waals surface area (Å²) in [6.07, 6.45) is 7.25. The minimum atomic E-state index is -0.263. The molecule has 6 heteroatoms. The van der Waals surface area contributed by atoms with Crippen LogP contribution >= 0.6 is 0 Å². The smallest absolute Gasteiger partial charge is 0.319 e. The van der Waals surface area contributed by atoms with Gasteiger partial charge < -0.3 is 15.0 Å². The Morgan fingerprint density at radius 1 is 1.04 bits per heavy atom. The maximum Gasteiger partial charge on any atom is 0.319 e. The van der Waals surface area contributed by atoms with E-state index in [2.05, 4.69) is 20.6 Å². The Balaban J connectivity index is 1.46. The van der Waals surface area contributed by atoms with Gasteiger partial charge in [-0.1, -0.05) is 30.3 Å². The third-order valence-electron chi connectivity index (χ3n) is 3.99. The van der Waals surface area contributed by atoms with E-state index in [9.17, 15) is 4.79 Å². The van der Waals surface area contributed by atoms with Crippen LogP contribution in [0.2, 0.25) is 0 Å². The highest BCUT2D eigenvalue weighted by atomic mass is 16.2. The zero-order valence-electron chi connectivity index (χ0n) is 14.0. The maximum atomic E-state index is 12.1. The minimum absolute atomic E-state index is 0.263. The van der Waals surface area contributed by atoms with E-state index < -0.39 is 0 Å². The van der Waals surface area contributed by atoms with E-state index in [1.54, 1.807) is 12.4 Å². The molecule has 0 spiro atoms. The van der Waals surface area contributed by atoms with Gasteiger partial charge in [-0.05, 0) is 23.8 Å². The standard InChI is InChI=1S/C20H17N5O/c26-20(22-13-15-6-9-21-10-7-15)23-17-8-11-25-14-18(24-19(25)12-17)16-4-2-1-3-5-16/h1-12,14H,13H2,(H2,22,23,26). The number of benzene rings is 1. The molecule has 6 nitrogen and oxygen atoms in total. The van der Waals surface area contributed by atoms with Gasteiger partial charge >= 0.3 is 6.03 Å². The van der Waals surface area contributed by atoms with E-state index in [1.165, 1.54) is 0 Å². The Bertz CT molecular complexity index is 1030. The van der Waals surface area contributed by atoms with Crippen LogP contribution in [0, 0.1) is 0 Å². The third-order valence-corrected chi connectivity index (χ3v) is 3.99. The minimum Gasteiger partial charge on any atom is -0.334 e. The highest BCUT2D eigenvalue weighted by molar-refractivity contribution is 5.89. The van der Waals surface area contributed by atoms with E-state index in [0.717, 1.165) is 22.5 Å². The Morgan fingerprint density at radius 3 is 2.65 bits per heavy atom. The number of amides is 2. The molecule has 0 aliphatic rings. The zero-order valence-corrected chi connectivity index (χ0v) is 14.0. The van der Waals surface area contributed by atoms with Crippen molar-refractivity contribution in [1.29, 1.82) is 0 Å². The fraction of sp³-hybridized carbons (Fsp3) is 0.0500. The van der Waals surface area contributed by atoms with Gasteiger partial charge in [0, 0.05) is 48.6 Å². The van der Waals surface area contributed by atoms with Crippen LogP contribution in [-0.4, -0.2) is 20.4 Å². The van der Waals surface area contributed by atoms with Crippen molar-refractivity contribution in [3.8, 4) is 11.3 Å². The third kappa shape index (κ3) is 3.54. The van der Waals surface area contributed by atoms with Crippen LogP contribution in [0.5, 0.6) is 0 Å². The van der Waals surface area contributed by atoms with Crippen LogP contribution in [-0.2, 0) is 6.54 Å². The number of fused-ring (bicyclic) bond motifs is 1. The second-order valence-corrected chi connectivity index (χ2v) is 5.84. The van der Waals surface area contributed by atoms with Crippen LogP contribution in [0.3, 0.4) is 0 Å². The predicted octanol–water partition coefficient (Wildman–Crippen LogP) is 3.72. The number of hydrogen-bond acceptors (Lipinski definition) is 3. The molecule has 3 heterocycles. The number of hydrogen-bond donors (Lipinski definition) is 2. The molecule has 0 aliphatic heterocycles. The first-order chi connectivity index (χ1) is 12.8. The fourth-order valence-corrected chi connectivity index (χ4v) is 2.67. The summed E-state index contributed by atoms with van der Waals surface area (Å²) in [4.78, 5) is 20.7. The molecule has 0 fully saturated rings. The van der Waals surface area contributed by atoms with Crippen molar-refractivity contribution in [3.05, 3.63) is 84.9 Å². The van der Waals surface area contributed by atoms with Crippen molar-refractivity contribution in [2.24, 2.45) is 0 Å². The van der Waals surface area contributed by atoms with Crippen molar-refractivity contribution in [2.45, 2.75) is 6.54 Å². The molecule has 128 valence electrons. The Kier molecular flexibility index (Phi) is 4.30.